The van der Waals surface area contributed by atoms with Crippen molar-refractivity contribution in [2.75, 3.05) is 13.1 Å². The predicted molar refractivity (Wildman–Crippen MR) is 94.7 cm³/mol. The molecule has 0 aliphatic carbocycles. The number of hydrogen-bond acceptors (Lipinski definition) is 3. The van der Waals surface area contributed by atoms with Gasteiger partial charge >= 0.3 is 5.69 Å². The molecule has 1 fully saturated rings. The van der Waals surface area contributed by atoms with E-state index in [1.54, 1.807) is 16.2 Å². The molecule has 6 heteroatoms. The first-order valence-electron chi connectivity index (χ1n) is 8.49. The van der Waals surface area contributed by atoms with Crippen LogP contribution in [0.3, 0.4) is 0 Å². The van der Waals surface area contributed by atoms with E-state index in [4.69, 9.17) is 5.73 Å². The standard InChI is InChI=1S/C18H26N4O2/c1-18(2)12-21(10-8-15(18)19)16(23)9-11-22-14-7-5-4-6-13(14)20(3)17(22)24/h4-7,15H,8-12,19H2,1-3H3. The van der Waals surface area contributed by atoms with Crippen LogP contribution in [0, 0.1) is 5.41 Å². The highest BCUT2D eigenvalue weighted by molar-refractivity contribution is 5.78. The molecule has 24 heavy (non-hydrogen) atoms. The molecule has 1 aliphatic rings. The van der Waals surface area contributed by atoms with E-state index < -0.39 is 0 Å². The molecule has 2 N–H and O–H groups in total. The minimum atomic E-state index is -0.0787. The Labute approximate surface area is 141 Å². The molecule has 1 aromatic carbocycles. The van der Waals surface area contributed by atoms with Gasteiger partial charge in [0.2, 0.25) is 5.91 Å². The molecule has 0 radical (unpaired) electrons. The largest absolute Gasteiger partial charge is 0.342 e. The molecule has 1 saturated heterocycles. The molecule has 2 aromatic rings. The third-order valence-electron chi connectivity index (χ3n) is 5.27. The maximum absolute atomic E-state index is 12.6. The highest BCUT2D eigenvalue weighted by Gasteiger charge is 2.35. The topological polar surface area (TPSA) is 73.3 Å². The first-order valence-corrected chi connectivity index (χ1v) is 8.49. The molecule has 1 aromatic heterocycles. The SMILES string of the molecule is Cn1c(=O)n(CCC(=O)N2CCC(N)C(C)(C)C2)c2ccccc21. The van der Waals surface area contributed by atoms with Gasteiger partial charge < -0.3 is 10.6 Å². The summed E-state index contributed by atoms with van der Waals surface area (Å²) in [5, 5.41) is 0. The van der Waals surface area contributed by atoms with E-state index in [1.807, 2.05) is 29.2 Å². The maximum atomic E-state index is 12.6. The fourth-order valence-electron chi connectivity index (χ4n) is 3.53. The quantitative estimate of drug-likeness (QED) is 0.922. The Morgan fingerprint density at radius 2 is 1.96 bits per heavy atom. The Balaban J connectivity index is 1.74. The lowest BCUT2D eigenvalue weighted by Gasteiger charge is -2.42. The van der Waals surface area contributed by atoms with Crippen LogP contribution in [-0.4, -0.2) is 39.1 Å². The van der Waals surface area contributed by atoms with Crippen molar-refractivity contribution >= 4 is 16.9 Å². The van der Waals surface area contributed by atoms with E-state index in [1.165, 1.54) is 0 Å². The van der Waals surface area contributed by atoms with Crippen LogP contribution in [0.1, 0.15) is 26.7 Å². The third kappa shape index (κ3) is 2.86. The molecular formula is C18H26N4O2. The first kappa shape index (κ1) is 16.8. The zero-order valence-corrected chi connectivity index (χ0v) is 14.7. The van der Waals surface area contributed by atoms with Gasteiger partial charge in [-0.25, -0.2) is 4.79 Å². The van der Waals surface area contributed by atoms with E-state index in [2.05, 4.69) is 13.8 Å². The van der Waals surface area contributed by atoms with Crippen molar-refractivity contribution in [3.8, 4) is 0 Å². The average Bonchev–Trinajstić information content (AvgIpc) is 2.79. The van der Waals surface area contributed by atoms with Gasteiger partial charge in [-0.3, -0.25) is 13.9 Å². The fraction of sp³-hybridized carbons (Fsp3) is 0.556. The van der Waals surface area contributed by atoms with Gasteiger partial charge in [0.25, 0.3) is 0 Å². The molecule has 1 amide bonds. The van der Waals surface area contributed by atoms with Crippen LogP contribution < -0.4 is 11.4 Å². The molecule has 130 valence electrons. The fourth-order valence-corrected chi connectivity index (χ4v) is 3.53. The number of nitrogens with zero attached hydrogens (tertiary/aromatic N) is 3. The number of para-hydroxylation sites is 2. The lowest BCUT2D eigenvalue weighted by molar-refractivity contribution is -0.134. The second-order valence-electron chi connectivity index (χ2n) is 7.43. The second kappa shape index (κ2) is 6.09. The van der Waals surface area contributed by atoms with Gasteiger partial charge in [0, 0.05) is 39.1 Å². The van der Waals surface area contributed by atoms with Crippen molar-refractivity contribution in [2.45, 2.75) is 39.3 Å². The maximum Gasteiger partial charge on any atom is 0.328 e. The van der Waals surface area contributed by atoms with Gasteiger partial charge in [0.05, 0.1) is 11.0 Å². The van der Waals surface area contributed by atoms with Gasteiger partial charge in [-0.15, -0.1) is 0 Å². The predicted octanol–water partition coefficient (Wildman–Crippen LogP) is 1.32. The summed E-state index contributed by atoms with van der Waals surface area (Å²) in [6, 6.07) is 7.79. The number of fused-ring (bicyclic) bond motifs is 1. The van der Waals surface area contributed by atoms with Crippen LogP contribution >= 0.6 is 0 Å². The molecule has 1 aliphatic heterocycles. The zero-order valence-electron chi connectivity index (χ0n) is 14.7. The minimum Gasteiger partial charge on any atom is -0.342 e. The van der Waals surface area contributed by atoms with Crippen LogP contribution in [0.15, 0.2) is 29.1 Å². The Bertz CT molecular complexity index is 818. The number of piperidine rings is 1. The van der Waals surface area contributed by atoms with Crippen LogP contribution in [0.2, 0.25) is 0 Å². The molecule has 3 rings (SSSR count). The van der Waals surface area contributed by atoms with Gasteiger partial charge in [-0.2, -0.15) is 0 Å². The first-order chi connectivity index (χ1) is 11.3. The van der Waals surface area contributed by atoms with E-state index in [-0.39, 0.29) is 23.1 Å². The van der Waals surface area contributed by atoms with Crippen molar-refractivity contribution in [3.63, 3.8) is 0 Å². The van der Waals surface area contributed by atoms with Gasteiger partial charge in [0.1, 0.15) is 0 Å². The van der Waals surface area contributed by atoms with Crippen molar-refractivity contribution in [1.82, 2.24) is 14.0 Å². The molecular weight excluding hydrogens is 304 g/mol. The normalized spacial score (nSPS) is 20.5. The molecule has 1 unspecified atom stereocenters. The summed E-state index contributed by atoms with van der Waals surface area (Å²) in [5.41, 5.74) is 7.76. The number of aryl methyl sites for hydroxylation is 2. The van der Waals surface area contributed by atoms with Crippen LogP contribution in [0.25, 0.3) is 11.0 Å². The van der Waals surface area contributed by atoms with E-state index in [9.17, 15) is 9.59 Å². The number of imidazole rings is 1. The Hall–Kier alpha value is -2.08. The monoisotopic (exact) mass is 330 g/mol. The van der Waals surface area contributed by atoms with Crippen molar-refractivity contribution in [3.05, 3.63) is 34.7 Å². The van der Waals surface area contributed by atoms with E-state index in [0.29, 0.717) is 26.1 Å². The number of hydrogen-bond donors (Lipinski definition) is 1. The highest BCUT2D eigenvalue weighted by Crippen LogP contribution is 2.28. The summed E-state index contributed by atoms with van der Waals surface area (Å²) in [6.45, 7) is 5.99. The van der Waals surface area contributed by atoms with Crippen molar-refractivity contribution in [2.24, 2.45) is 18.2 Å². The van der Waals surface area contributed by atoms with E-state index >= 15 is 0 Å². The molecule has 1 atom stereocenters. The smallest absolute Gasteiger partial charge is 0.328 e. The molecule has 2 heterocycles. The summed E-state index contributed by atoms with van der Waals surface area (Å²) in [5.74, 6) is 0.0924. The molecule has 0 spiro atoms. The second-order valence-corrected chi connectivity index (χ2v) is 7.43. The summed E-state index contributed by atoms with van der Waals surface area (Å²) in [6.07, 6.45) is 1.16. The Morgan fingerprint density at radius 3 is 2.62 bits per heavy atom. The lowest BCUT2D eigenvalue weighted by Crippen LogP contribution is -2.54. The van der Waals surface area contributed by atoms with Gasteiger partial charge in [0.15, 0.2) is 0 Å². The number of amides is 1. The summed E-state index contributed by atoms with van der Waals surface area (Å²) in [7, 11) is 1.76. The van der Waals surface area contributed by atoms with Crippen LogP contribution in [-0.2, 0) is 18.4 Å². The number of likely N-dealkylation sites (tertiary alicyclic amines) is 1. The molecule has 0 bridgehead atoms. The summed E-state index contributed by atoms with van der Waals surface area (Å²) in [4.78, 5) is 26.9. The zero-order chi connectivity index (χ0) is 17.5. The Kier molecular flexibility index (Phi) is 4.25. The number of carbonyl (C=O) groups is 1. The van der Waals surface area contributed by atoms with E-state index in [0.717, 1.165) is 17.5 Å². The van der Waals surface area contributed by atoms with Crippen molar-refractivity contribution in [1.29, 1.82) is 0 Å². The Morgan fingerprint density at radius 1 is 1.29 bits per heavy atom. The third-order valence-corrected chi connectivity index (χ3v) is 5.27. The number of aromatic nitrogens is 2. The minimum absolute atomic E-state index is 0.0653. The van der Waals surface area contributed by atoms with Crippen molar-refractivity contribution < 1.29 is 4.79 Å². The number of nitrogens with two attached hydrogens (primary N) is 1. The molecule has 6 nitrogen and oxygen atoms in total. The summed E-state index contributed by atoms with van der Waals surface area (Å²) >= 11 is 0. The number of rotatable bonds is 3. The van der Waals surface area contributed by atoms with Gasteiger partial charge in [-0.05, 0) is 24.0 Å². The highest BCUT2D eigenvalue weighted by atomic mass is 16.2. The average molecular weight is 330 g/mol. The number of benzene rings is 1. The number of carbonyl (C=O) groups excluding carboxylic acids is 1. The van der Waals surface area contributed by atoms with Crippen LogP contribution in [0.5, 0.6) is 0 Å². The van der Waals surface area contributed by atoms with Crippen LogP contribution in [0.4, 0.5) is 0 Å². The summed E-state index contributed by atoms with van der Waals surface area (Å²) < 4.78 is 3.32. The lowest BCUT2D eigenvalue weighted by atomic mass is 9.79. The molecule has 0 saturated carbocycles. The van der Waals surface area contributed by atoms with Gasteiger partial charge in [-0.1, -0.05) is 26.0 Å².